The van der Waals surface area contributed by atoms with Crippen LogP contribution in [0.1, 0.15) is 27.2 Å². The fraction of sp³-hybridized carbons (Fsp3) is 0.545. The second kappa shape index (κ2) is 5.80. The third-order valence-electron chi connectivity index (χ3n) is 2.19. The van der Waals surface area contributed by atoms with Crippen LogP contribution in [0.5, 0.6) is 0 Å². The summed E-state index contributed by atoms with van der Waals surface area (Å²) >= 11 is 5.61. The molecule has 0 saturated heterocycles. The maximum atomic E-state index is 11.9. The van der Waals surface area contributed by atoms with Crippen molar-refractivity contribution < 1.29 is 8.42 Å². The lowest BCUT2D eigenvalue weighted by Crippen LogP contribution is -2.33. The number of pyridine rings is 1. The highest BCUT2D eigenvalue weighted by molar-refractivity contribution is 7.89. The third-order valence-corrected chi connectivity index (χ3v) is 3.99. The molecule has 0 aliphatic heterocycles. The SMILES string of the molecule is CC(C)CC(C)NS(=O)(=O)c1ccc(Cl)nc1. The fourth-order valence-electron chi connectivity index (χ4n) is 1.61. The maximum absolute atomic E-state index is 11.9. The molecule has 1 aromatic heterocycles. The van der Waals surface area contributed by atoms with Gasteiger partial charge in [0.25, 0.3) is 0 Å². The molecule has 0 spiro atoms. The fourth-order valence-corrected chi connectivity index (χ4v) is 2.92. The molecule has 0 aliphatic rings. The third kappa shape index (κ3) is 4.61. The summed E-state index contributed by atoms with van der Waals surface area (Å²) in [5.74, 6) is 0.441. The summed E-state index contributed by atoms with van der Waals surface area (Å²) in [7, 11) is -3.49. The summed E-state index contributed by atoms with van der Waals surface area (Å²) in [4.78, 5) is 3.90. The maximum Gasteiger partial charge on any atom is 0.242 e. The molecule has 96 valence electrons. The van der Waals surface area contributed by atoms with Crippen molar-refractivity contribution in [3.05, 3.63) is 23.5 Å². The van der Waals surface area contributed by atoms with E-state index in [1.807, 2.05) is 6.92 Å². The van der Waals surface area contributed by atoms with Crippen molar-refractivity contribution in [3.8, 4) is 0 Å². The van der Waals surface area contributed by atoms with Gasteiger partial charge in [-0.25, -0.2) is 18.1 Å². The van der Waals surface area contributed by atoms with Crippen molar-refractivity contribution in [2.45, 2.75) is 38.1 Å². The first kappa shape index (κ1) is 14.4. The first-order valence-electron chi connectivity index (χ1n) is 5.45. The molecule has 1 unspecified atom stereocenters. The molecule has 1 aromatic rings. The van der Waals surface area contributed by atoms with Crippen LogP contribution >= 0.6 is 11.6 Å². The summed E-state index contributed by atoms with van der Waals surface area (Å²) in [6, 6.07) is 2.80. The average molecular weight is 277 g/mol. The van der Waals surface area contributed by atoms with Gasteiger partial charge in [0.2, 0.25) is 10.0 Å². The standard InChI is InChI=1S/C11H17ClN2O2S/c1-8(2)6-9(3)14-17(15,16)10-4-5-11(12)13-7-10/h4-5,7-9,14H,6H2,1-3H3. The Morgan fingerprint density at radius 1 is 1.35 bits per heavy atom. The highest BCUT2D eigenvalue weighted by Crippen LogP contribution is 2.13. The average Bonchev–Trinajstić information content (AvgIpc) is 2.15. The lowest BCUT2D eigenvalue weighted by atomic mass is 10.1. The van der Waals surface area contributed by atoms with Gasteiger partial charge in [-0.15, -0.1) is 0 Å². The summed E-state index contributed by atoms with van der Waals surface area (Å²) in [5, 5.41) is 0.277. The van der Waals surface area contributed by atoms with Crippen LogP contribution in [0.25, 0.3) is 0 Å². The van der Waals surface area contributed by atoms with Crippen molar-refractivity contribution in [3.63, 3.8) is 0 Å². The van der Waals surface area contributed by atoms with Gasteiger partial charge in [-0.1, -0.05) is 25.4 Å². The molecule has 0 saturated carbocycles. The number of nitrogens with one attached hydrogen (secondary N) is 1. The monoisotopic (exact) mass is 276 g/mol. The topological polar surface area (TPSA) is 59.1 Å². The predicted molar refractivity (Wildman–Crippen MR) is 68.5 cm³/mol. The number of halogens is 1. The smallest absolute Gasteiger partial charge is 0.242 e. The molecule has 1 N–H and O–H groups in total. The van der Waals surface area contributed by atoms with Crippen LogP contribution < -0.4 is 4.72 Å². The van der Waals surface area contributed by atoms with Gasteiger partial charge in [0.05, 0.1) is 0 Å². The van der Waals surface area contributed by atoms with E-state index >= 15 is 0 Å². The molecular weight excluding hydrogens is 260 g/mol. The van der Waals surface area contributed by atoms with E-state index in [-0.39, 0.29) is 16.1 Å². The molecule has 17 heavy (non-hydrogen) atoms. The van der Waals surface area contributed by atoms with E-state index in [0.29, 0.717) is 5.92 Å². The summed E-state index contributed by atoms with van der Waals surface area (Å²) < 4.78 is 26.5. The second-order valence-electron chi connectivity index (χ2n) is 4.47. The van der Waals surface area contributed by atoms with Gasteiger partial charge in [0.15, 0.2) is 0 Å². The number of rotatable bonds is 5. The highest BCUT2D eigenvalue weighted by atomic mass is 35.5. The zero-order chi connectivity index (χ0) is 13.1. The van der Waals surface area contributed by atoms with Gasteiger partial charge in [-0.3, -0.25) is 0 Å². The molecule has 1 atom stereocenters. The Balaban J connectivity index is 2.78. The van der Waals surface area contributed by atoms with Crippen molar-refractivity contribution in [1.82, 2.24) is 9.71 Å². The van der Waals surface area contributed by atoms with Crippen molar-refractivity contribution in [1.29, 1.82) is 0 Å². The zero-order valence-corrected chi connectivity index (χ0v) is 11.7. The van der Waals surface area contributed by atoms with Gasteiger partial charge in [-0.05, 0) is 31.4 Å². The largest absolute Gasteiger partial charge is 0.243 e. The Hall–Kier alpha value is -0.650. The minimum absolute atomic E-state index is 0.101. The molecule has 4 nitrogen and oxygen atoms in total. The van der Waals surface area contributed by atoms with Crippen molar-refractivity contribution in [2.75, 3.05) is 0 Å². The number of nitrogens with zero attached hydrogens (tertiary/aromatic N) is 1. The Morgan fingerprint density at radius 3 is 2.47 bits per heavy atom. The molecule has 0 bridgehead atoms. The predicted octanol–water partition coefficient (Wildman–Crippen LogP) is 2.45. The van der Waals surface area contributed by atoms with Crippen molar-refractivity contribution in [2.24, 2.45) is 5.92 Å². The van der Waals surface area contributed by atoms with E-state index in [2.05, 4.69) is 23.6 Å². The molecule has 0 radical (unpaired) electrons. The van der Waals surface area contributed by atoms with Crippen molar-refractivity contribution >= 4 is 21.6 Å². The molecule has 0 aromatic carbocycles. The van der Waals surface area contributed by atoms with E-state index < -0.39 is 10.0 Å². The number of sulfonamides is 1. The van der Waals surface area contributed by atoms with Crippen LogP contribution in [0.15, 0.2) is 23.2 Å². The van der Waals surface area contributed by atoms with E-state index in [1.54, 1.807) is 0 Å². The van der Waals surface area contributed by atoms with Crippen LogP contribution in [0.2, 0.25) is 5.15 Å². The van der Waals surface area contributed by atoms with Gasteiger partial charge in [0, 0.05) is 12.2 Å². The van der Waals surface area contributed by atoms with Gasteiger partial charge in [0.1, 0.15) is 10.0 Å². The highest BCUT2D eigenvalue weighted by Gasteiger charge is 2.18. The van der Waals surface area contributed by atoms with E-state index in [9.17, 15) is 8.42 Å². The Kier molecular flexibility index (Phi) is 4.91. The van der Waals surface area contributed by atoms with E-state index in [0.717, 1.165) is 6.42 Å². The van der Waals surface area contributed by atoms with E-state index in [4.69, 9.17) is 11.6 Å². The number of hydrogen-bond acceptors (Lipinski definition) is 3. The minimum atomic E-state index is -3.49. The molecule has 0 amide bonds. The second-order valence-corrected chi connectivity index (χ2v) is 6.57. The van der Waals surface area contributed by atoms with Gasteiger partial charge in [-0.2, -0.15) is 0 Å². The molecule has 0 aliphatic carbocycles. The van der Waals surface area contributed by atoms with E-state index in [1.165, 1.54) is 18.3 Å². The molecular formula is C11H17ClN2O2S. The normalized spacial score (nSPS) is 13.9. The summed E-state index contributed by atoms with van der Waals surface area (Å²) in [5.41, 5.74) is 0. The van der Waals surface area contributed by atoms with Crippen LogP contribution in [0.3, 0.4) is 0 Å². The quantitative estimate of drug-likeness (QED) is 0.841. The summed E-state index contributed by atoms with van der Waals surface area (Å²) in [6.45, 7) is 5.95. The van der Waals surface area contributed by atoms with Crippen LogP contribution in [0, 0.1) is 5.92 Å². The van der Waals surface area contributed by atoms with Gasteiger partial charge >= 0.3 is 0 Å². The lowest BCUT2D eigenvalue weighted by molar-refractivity contribution is 0.482. The number of aromatic nitrogens is 1. The minimum Gasteiger partial charge on any atom is -0.243 e. The first-order valence-corrected chi connectivity index (χ1v) is 7.31. The molecule has 1 rings (SSSR count). The lowest BCUT2D eigenvalue weighted by Gasteiger charge is -2.15. The summed E-state index contributed by atoms with van der Waals surface area (Å²) in [6.07, 6.45) is 2.05. The first-order chi connectivity index (χ1) is 7.81. The van der Waals surface area contributed by atoms with Crippen LogP contribution in [-0.2, 0) is 10.0 Å². The Bertz CT molecular complexity index is 457. The van der Waals surface area contributed by atoms with Crippen LogP contribution in [0.4, 0.5) is 0 Å². The zero-order valence-electron chi connectivity index (χ0n) is 10.1. The molecule has 6 heteroatoms. The molecule has 1 heterocycles. The molecule has 0 fully saturated rings. The Morgan fingerprint density at radius 2 is 2.00 bits per heavy atom. The Labute approximate surface area is 107 Å². The van der Waals surface area contributed by atoms with Gasteiger partial charge < -0.3 is 0 Å². The number of hydrogen-bond donors (Lipinski definition) is 1. The van der Waals surface area contributed by atoms with Crippen LogP contribution in [-0.4, -0.2) is 19.4 Å².